The van der Waals surface area contributed by atoms with Gasteiger partial charge in [0, 0.05) is 5.56 Å². The Balaban J connectivity index is 1.72. The Morgan fingerprint density at radius 3 is 2.95 bits per heavy atom. The first-order valence-electron chi connectivity index (χ1n) is 6.00. The molecule has 2 aromatic heterocycles. The van der Waals surface area contributed by atoms with Crippen LogP contribution in [0.5, 0.6) is 0 Å². The number of para-hydroxylation sites is 2. The molecule has 0 spiro atoms. The zero-order chi connectivity index (χ0) is 13.2. The number of rotatable bonds is 3. The van der Waals surface area contributed by atoms with Crippen LogP contribution in [0.1, 0.15) is 21.9 Å². The number of H-pyrrole nitrogens is 1. The molecule has 0 radical (unpaired) electrons. The highest BCUT2D eigenvalue weighted by Gasteiger charge is 2.12. The van der Waals surface area contributed by atoms with E-state index in [4.69, 9.17) is 4.42 Å². The number of hydrogen-bond donors (Lipinski definition) is 2. The van der Waals surface area contributed by atoms with Gasteiger partial charge < -0.3 is 14.7 Å². The normalized spacial score (nSPS) is 10.8. The Labute approximate surface area is 109 Å². The maximum atomic E-state index is 11.9. The van der Waals surface area contributed by atoms with Crippen molar-refractivity contribution < 1.29 is 9.21 Å². The van der Waals surface area contributed by atoms with Gasteiger partial charge in [0.25, 0.3) is 5.91 Å². The Morgan fingerprint density at radius 2 is 2.21 bits per heavy atom. The van der Waals surface area contributed by atoms with Gasteiger partial charge in [0.1, 0.15) is 5.82 Å². The van der Waals surface area contributed by atoms with E-state index in [0.29, 0.717) is 12.3 Å². The molecular formula is C14H13N3O2. The van der Waals surface area contributed by atoms with Crippen molar-refractivity contribution in [1.82, 2.24) is 15.3 Å². The first kappa shape index (κ1) is 11.5. The lowest BCUT2D eigenvalue weighted by Gasteiger charge is -2.01. The fourth-order valence-corrected chi connectivity index (χ4v) is 1.94. The molecular weight excluding hydrogens is 242 g/mol. The lowest BCUT2D eigenvalue weighted by Crippen LogP contribution is -2.23. The van der Waals surface area contributed by atoms with E-state index in [1.165, 1.54) is 6.26 Å². The smallest absolute Gasteiger partial charge is 0.287 e. The minimum absolute atomic E-state index is 0.233. The van der Waals surface area contributed by atoms with E-state index < -0.39 is 0 Å². The van der Waals surface area contributed by atoms with Crippen molar-refractivity contribution in [3.63, 3.8) is 0 Å². The van der Waals surface area contributed by atoms with E-state index in [1.807, 2.05) is 31.2 Å². The molecule has 2 heterocycles. The quantitative estimate of drug-likeness (QED) is 0.755. The minimum Gasteiger partial charge on any atom is -0.459 e. The molecule has 0 aliphatic rings. The molecule has 96 valence electrons. The first-order valence-corrected chi connectivity index (χ1v) is 6.00. The summed E-state index contributed by atoms with van der Waals surface area (Å²) in [5, 5.41) is 2.78. The number of benzene rings is 1. The van der Waals surface area contributed by atoms with Gasteiger partial charge in [-0.2, -0.15) is 0 Å². The van der Waals surface area contributed by atoms with Crippen molar-refractivity contribution in [1.29, 1.82) is 0 Å². The van der Waals surface area contributed by atoms with Crippen LogP contribution in [0.25, 0.3) is 11.0 Å². The zero-order valence-electron chi connectivity index (χ0n) is 10.4. The monoisotopic (exact) mass is 255 g/mol. The van der Waals surface area contributed by atoms with E-state index in [9.17, 15) is 4.79 Å². The highest BCUT2D eigenvalue weighted by molar-refractivity contribution is 5.92. The molecule has 3 aromatic rings. The van der Waals surface area contributed by atoms with Crippen LogP contribution < -0.4 is 5.32 Å². The third-order valence-electron chi connectivity index (χ3n) is 2.92. The number of furan rings is 1. The number of hydrogen-bond acceptors (Lipinski definition) is 3. The number of amides is 1. The van der Waals surface area contributed by atoms with Crippen LogP contribution in [-0.2, 0) is 6.54 Å². The van der Waals surface area contributed by atoms with E-state index >= 15 is 0 Å². The highest BCUT2D eigenvalue weighted by Crippen LogP contribution is 2.11. The maximum Gasteiger partial charge on any atom is 0.287 e. The Bertz CT molecular complexity index is 694. The largest absolute Gasteiger partial charge is 0.459 e. The Kier molecular flexibility index (Phi) is 2.79. The van der Waals surface area contributed by atoms with Gasteiger partial charge in [-0.1, -0.05) is 12.1 Å². The number of imidazole rings is 1. The van der Waals surface area contributed by atoms with Crippen LogP contribution in [0.15, 0.2) is 41.0 Å². The molecule has 3 rings (SSSR count). The van der Waals surface area contributed by atoms with E-state index in [0.717, 1.165) is 22.4 Å². The summed E-state index contributed by atoms with van der Waals surface area (Å²) in [6, 6.07) is 9.50. The summed E-state index contributed by atoms with van der Waals surface area (Å²) in [5.74, 6) is 0.831. The van der Waals surface area contributed by atoms with E-state index in [-0.39, 0.29) is 5.91 Å². The lowest BCUT2D eigenvalue weighted by molar-refractivity contribution is 0.0921. The molecule has 1 amide bonds. The standard InChI is InChI=1S/C14H13N3O2/c1-9-6-7-19-13(9)14(18)15-8-12-16-10-4-2-3-5-11(10)17-12/h2-7H,8H2,1H3,(H,15,18)(H,16,17). The van der Waals surface area contributed by atoms with E-state index in [2.05, 4.69) is 15.3 Å². The van der Waals surface area contributed by atoms with Crippen LogP contribution >= 0.6 is 0 Å². The first-order chi connectivity index (χ1) is 9.24. The van der Waals surface area contributed by atoms with Crippen molar-refractivity contribution in [3.05, 3.63) is 53.7 Å². The molecule has 0 aliphatic carbocycles. The molecule has 5 nitrogen and oxygen atoms in total. The van der Waals surface area contributed by atoms with Crippen LogP contribution in [-0.4, -0.2) is 15.9 Å². The summed E-state index contributed by atoms with van der Waals surface area (Å²) in [6.45, 7) is 2.17. The zero-order valence-corrected chi connectivity index (χ0v) is 10.4. The van der Waals surface area contributed by atoms with Crippen LogP contribution in [0.2, 0.25) is 0 Å². The second kappa shape index (κ2) is 4.61. The second-order valence-corrected chi connectivity index (χ2v) is 4.32. The summed E-state index contributed by atoms with van der Waals surface area (Å²) in [5.41, 5.74) is 2.67. The summed E-state index contributed by atoms with van der Waals surface area (Å²) in [6.07, 6.45) is 1.51. The second-order valence-electron chi connectivity index (χ2n) is 4.32. The van der Waals surface area contributed by atoms with Crippen LogP contribution in [0.4, 0.5) is 0 Å². The molecule has 1 aromatic carbocycles. The van der Waals surface area contributed by atoms with Crippen molar-refractivity contribution in [2.75, 3.05) is 0 Å². The fraction of sp³-hybridized carbons (Fsp3) is 0.143. The molecule has 0 aliphatic heterocycles. The highest BCUT2D eigenvalue weighted by atomic mass is 16.3. The van der Waals surface area contributed by atoms with Crippen molar-refractivity contribution >= 4 is 16.9 Å². The Morgan fingerprint density at radius 1 is 1.37 bits per heavy atom. The molecule has 19 heavy (non-hydrogen) atoms. The summed E-state index contributed by atoms with van der Waals surface area (Å²) >= 11 is 0. The predicted octanol–water partition coefficient (Wildman–Crippen LogP) is 2.39. The Hall–Kier alpha value is -2.56. The number of nitrogens with zero attached hydrogens (tertiary/aromatic N) is 1. The van der Waals surface area contributed by atoms with Gasteiger partial charge in [0.2, 0.25) is 0 Å². The van der Waals surface area contributed by atoms with Gasteiger partial charge in [-0.25, -0.2) is 4.98 Å². The van der Waals surface area contributed by atoms with Gasteiger partial charge in [-0.3, -0.25) is 4.79 Å². The summed E-state index contributed by atoms with van der Waals surface area (Å²) < 4.78 is 5.13. The summed E-state index contributed by atoms with van der Waals surface area (Å²) in [7, 11) is 0. The third-order valence-corrected chi connectivity index (χ3v) is 2.92. The number of aromatic nitrogens is 2. The molecule has 0 saturated carbocycles. The topological polar surface area (TPSA) is 70.9 Å². The molecule has 2 N–H and O–H groups in total. The van der Waals surface area contributed by atoms with Gasteiger partial charge >= 0.3 is 0 Å². The van der Waals surface area contributed by atoms with Crippen molar-refractivity contribution in [2.24, 2.45) is 0 Å². The van der Waals surface area contributed by atoms with Gasteiger partial charge in [-0.15, -0.1) is 0 Å². The third kappa shape index (κ3) is 2.22. The fourth-order valence-electron chi connectivity index (χ4n) is 1.94. The van der Waals surface area contributed by atoms with Crippen molar-refractivity contribution in [3.8, 4) is 0 Å². The molecule has 0 unspecified atom stereocenters. The van der Waals surface area contributed by atoms with Gasteiger partial charge in [0.05, 0.1) is 23.8 Å². The average molecular weight is 255 g/mol. The SMILES string of the molecule is Cc1ccoc1C(=O)NCc1nc2ccccc2[nH]1. The van der Waals surface area contributed by atoms with Gasteiger partial charge in [-0.05, 0) is 25.1 Å². The number of aromatic amines is 1. The van der Waals surface area contributed by atoms with E-state index in [1.54, 1.807) is 6.07 Å². The van der Waals surface area contributed by atoms with Crippen molar-refractivity contribution in [2.45, 2.75) is 13.5 Å². The number of carbonyl (C=O) groups is 1. The summed E-state index contributed by atoms with van der Waals surface area (Å²) in [4.78, 5) is 19.4. The van der Waals surface area contributed by atoms with Crippen LogP contribution in [0, 0.1) is 6.92 Å². The molecule has 0 fully saturated rings. The molecule has 5 heteroatoms. The number of carbonyl (C=O) groups excluding carboxylic acids is 1. The molecule has 0 bridgehead atoms. The van der Waals surface area contributed by atoms with Gasteiger partial charge in [0.15, 0.2) is 5.76 Å². The molecule has 0 saturated heterocycles. The predicted molar refractivity (Wildman–Crippen MR) is 70.7 cm³/mol. The molecule has 0 atom stereocenters. The number of nitrogens with one attached hydrogen (secondary N) is 2. The lowest BCUT2D eigenvalue weighted by atomic mass is 10.3. The van der Waals surface area contributed by atoms with Crippen LogP contribution in [0.3, 0.4) is 0 Å². The average Bonchev–Trinajstić information content (AvgIpc) is 3.01. The number of fused-ring (bicyclic) bond motifs is 1. The number of aryl methyl sites for hydroxylation is 1. The minimum atomic E-state index is -0.233. The maximum absolute atomic E-state index is 11.9.